The largest absolute Gasteiger partial charge is 0.315 e. The van der Waals surface area contributed by atoms with Crippen LogP contribution < -0.4 is 5.73 Å². The summed E-state index contributed by atoms with van der Waals surface area (Å²) in [5.74, 6) is 6.49. The molecule has 0 aliphatic rings. The third-order valence-electron chi connectivity index (χ3n) is 0.936. The molecule has 1 unspecified atom stereocenters. The first-order valence-electron chi connectivity index (χ1n) is 3.51. The number of hydrogen-bond donors (Lipinski definition) is 1. The predicted molar refractivity (Wildman–Crippen MR) is 52.9 cm³/mol. The molecule has 0 rings (SSSR count). The minimum absolute atomic E-state index is 0. The normalized spacial score (nSPS) is 11.4. The van der Waals surface area contributed by atoms with E-state index in [9.17, 15) is 0 Å². The minimum atomic E-state index is -0.235. The van der Waals surface area contributed by atoms with Crippen molar-refractivity contribution in [1.29, 1.82) is 0 Å². The summed E-state index contributed by atoms with van der Waals surface area (Å²) >= 11 is 5.50. The SMILES string of the molecule is CC(C)C#CCCC(N)Cl.Cl. The lowest BCUT2D eigenvalue weighted by molar-refractivity contribution is 0.801. The number of hydrogen-bond acceptors (Lipinski definition) is 1. The van der Waals surface area contributed by atoms with Crippen molar-refractivity contribution in [2.45, 2.75) is 32.2 Å². The summed E-state index contributed by atoms with van der Waals surface area (Å²) in [4.78, 5) is 0. The van der Waals surface area contributed by atoms with Gasteiger partial charge in [0, 0.05) is 12.3 Å². The van der Waals surface area contributed by atoms with Crippen LogP contribution in [-0.2, 0) is 0 Å². The molecular weight excluding hydrogens is 181 g/mol. The second-order valence-corrected chi connectivity index (χ2v) is 3.09. The van der Waals surface area contributed by atoms with Crippen LogP contribution in [0.25, 0.3) is 0 Å². The molecule has 0 amide bonds. The second-order valence-electron chi connectivity index (χ2n) is 2.53. The molecule has 0 fully saturated rings. The van der Waals surface area contributed by atoms with Crippen LogP contribution in [0.1, 0.15) is 26.7 Å². The van der Waals surface area contributed by atoms with Crippen LogP contribution in [0.4, 0.5) is 0 Å². The Hall–Kier alpha value is 0.100. The van der Waals surface area contributed by atoms with Crippen LogP contribution in [0.5, 0.6) is 0 Å². The first kappa shape index (κ1) is 13.7. The molecule has 0 aliphatic carbocycles. The van der Waals surface area contributed by atoms with E-state index in [1.165, 1.54) is 0 Å². The topological polar surface area (TPSA) is 26.0 Å². The molecule has 1 nitrogen and oxygen atoms in total. The van der Waals surface area contributed by atoms with E-state index < -0.39 is 0 Å². The third-order valence-corrected chi connectivity index (χ3v) is 1.15. The van der Waals surface area contributed by atoms with Gasteiger partial charge in [-0.15, -0.1) is 35.8 Å². The van der Waals surface area contributed by atoms with Gasteiger partial charge in [0.25, 0.3) is 0 Å². The number of alkyl halides is 1. The number of nitrogens with two attached hydrogens (primary N) is 1. The maximum Gasteiger partial charge on any atom is 0.0809 e. The smallest absolute Gasteiger partial charge is 0.0809 e. The summed E-state index contributed by atoms with van der Waals surface area (Å²) in [6.45, 7) is 4.13. The Morgan fingerprint density at radius 3 is 2.36 bits per heavy atom. The highest BCUT2D eigenvalue weighted by Gasteiger charge is 1.91. The highest BCUT2D eigenvalue weighted by atomic mass is 35.5. The standard InChI is InChI=1S/C8H14ClN.ClH/c1-7(2)5-3-4-6-8(9)10;/h7-8H,4,6,10H2,1-2H3;1H. The van der Waals surface area contributed by atoms with Crippen molar-refractivity contribution in [2.75, 3.05) is 0 Å². The molecule has 0 aromatic rings. The van der Waals surface area contributed by atoms with E-state index in [-0.39, 0.29) is 17.9 Å². The molecule has 0 aromatic carbocycles. The van der Waals surface area contributed by atoms with Gasteiger partial charge in [-0.05, 0) is 6.42 Å². The van der Waals surface area contributed by atoms with E-state index in [0.29, 0.717) is 5.92 Å². The molecular formula is C8H15Cl2N. The van der Waals surface area contributed by atoms with Crippen molar-refractivity contribution >= 4 is 24.0 Å². The Morgan fingerprint density at radius 2 is 2.00 bits per heavy atom. The van der Waals surface area contributed by atoms with Gasteiger partial charge >= 0.3 is 0 Å². The Bertz CT molecular complexity index is 133. The molecule has 3 heteroatoms. The lowest BCUT2D eigenvalue weighted by Crippen LogP contribution is -2.10. The second kappa shape index (κ2) is 8.20. The zero-order valence-electron chi connectivity index (χ0n) is 6.93. The van der Waals surface area contributed by atoms with E-state index in [1.54, 1.807) is 0 Å². The van der Waals surface area contributed by atoms with Crippen molar-refractivity contribution in [2.24, 2.45) is 11.7 Å². The summed E-state index contributed by atoms with van der Waals surface area (Å²) in [6, 6.07) is 0. The lowest BCUT2D eigenvalue weighted by Gasteiger charge is -1.95. The summed E-state index contributed by atoms with van der Waals surface area (Å²) in [5, 5.41) is 0. The molecule has 0 aromatic heterocycles. The van der Waals surface area contributed by atoms with Crippen LogP contribution in [0.15, 0.2) is 0 Å². The minimum Gasteiger partial charge on any atom is -0.315 e. The Balaban J connectivity index is 0. The fourth-order valence-corrected chi connectivity index (χ4v) is 0.595. The zero-order valence-corrected chi connectivity index (χ0v) is 8.50. The average Bonchev–Trinajstić information content (AvgIpc) is 1.79. The molecule has 0 spiro atoms. The molecule has 0 bridgehead atoms. The molecule has 66 valence electrons. The quantitative estimate of drug-likeness (QED) is 0.409. The van der Waals surface area contributed by atoms with Crippen LogP contribution in [0.3, 0.4) is 0 Å². The highest BCUT2D eigenvalue weighted by molar-refractivity contribution is 6.20. The fourth-order valence-electron chi connectivity index (χ4n) is 0.486. The maximum atomic E-state index is 5.50. The van der Waals surface area contributed by atoms with Crippen molar-refractivity contribution in [1.82, 2.24) is 0 Å². The van der Waals surface area contributed by atoms with Crippen molar-refractivity contribution in [3.8, 4) is 11.8 Å². The van der Waals surface area contributed by atoms with Crippen LogP contribution in [-0.4, -0.2) is 5.50 Å². The van der Waals surface area contributed by atoms with Gasteiger partial charge < -0.3 is 5.73 Å². The molecule has 0 saturated heterocycles. The predicted octanol–water partition coefficient (Wildman–Crippen LogP) is 2.37. The lowest BCUT2D eigenvalue weighted by atomic mass is 10.2. The van der Waals surface area contributed by atoms with Crippen LogP contribution in [0.2, 0.25) is 0 Å². The molecule has 0 radical (unpaired) electrons. The summed E-state index contributed by atoms with van der Waals surface area (Å²) in [6.07, 6.45) is 1.59. The van der Waals surface area contributed by atoms with Gasteiger partial charge in [-0.1, -0.05) is 13.8 Å². The first-order valence-corrected chi connectivity index (χ1v) is 3.94. The van der Waals surface area contributed by atoms with E-state index in [0.717, 1.165) is 12.8 Å². The number of halogens is 2. The Morgan fingerprint density at radius 1 is 1.45 bits per heavy atom. The Kier molecular flexibility index (Phi) is 10.2. The molecule has 1 atom stereocenters. The van der Waals surface area contributed by atoms with Gasteiger partial charge in [0.2, 0.25) is 0 Å². The van der Waals surface area contributed by atoms with Gasteiger partial charge in [-0.2, -0.15) is 0 Å². The average molecular weight is 196 g/mol. The van der Waals surface area contributed by atoms with E-state index in [2.05, 4.69) is 25.7 Å². The monoisotopic (exact) mass is 195 g/mol. The highest BCUT2D eigenvalue weighted by Crippen LogP contribution is 1.97. The van der Waals surface area contributed by atoms with Crippen molar-refractivity contribution in [3.63, 3.8) is 0 Å². The Labute approximate surface area is 80.1 Å². The molecule has 0 saturated carbocycles. The molecule has 11 heavy (non-hydrogen) atoms. The van der Waals surface area contributed by atoms with Crippen LogP contribution >= 0.6 is 24.0 Å². The van der Waals surface area contributed by atoms with Gasteiger partial charge in [0.05, 0.1) is 5.50 Å². The van der Waals surface area contributed by atoms with Gasteiger partial charge in [-0.3, -0.25) is 0 Å². The summed E-state index contributed by atoms with van der Waals surface area (Å²) < 4.78 is 0. The van der Waals surface area contributed by atoms with Gasteiger partial charge in [-0.25, -0.2) is 0 Å². The molecule has 0 aliphatic heterocycles. The third kappa shape index (κ3) is 13.1. The number of rotatable bonds is 2. The summed E-state index contributed by atoms with van der Waals surface area (Å²) in [5.41, 5.74) is 5.07. The molecule has 2 N–H and O–H groups in total. The fraction of sp³-hybridized carbons (Fsp3) is 0.750. The van der Waals surface area contributed by atoms with Gasteiger partial charge in [0.15, 0.2) is 0 Å². The summed E-state index contributed by atoms with van der Waals surface area (Å²) in [7, 11) is 0. The van der Waals surface area contributed by atoms with E-state index >= 15 is 0 Å². The van der Waals surface area contributed by atoms with Crippen LogP contribution in [0, 0.1) is 17.8 Å². The van der Waals surface area contributed by atoms with Crippen molar-refractivity contribution < 1.29 is 0 Å². The van der Waals surface area contributed by atoms with Gasteiger partial charge in [0.1, 0.15) is 0 Å². The van der Waals surface area contributed by atoms with Crippen molar-refractivity contribution in [3.05, 3.63) is 0 Å². The maximum absolute atomic E-state index is 5.50. The van der Waals surface area contributed by atoms with E-state index in [4.69, 9.17) is 17.3 Å². The first-order chi connectivity index (χ1) is 4.63. The van der Waals surface area contributed by atoms with E-state index in [1.807, 2.05) is 0 Å². The zero-order chi connectivity index (χ0) is 7.98. The molecule has 0 heterocycles.